The molecule has 0 aliphatic carbocycles. The number of hydrogen-bond acceptors (Lipinski definition) is 7. The topological polar surface area (TPSA) is 91.8 Å². The van der Waals surface area contributed by atoms with Crippen molar-refractivity contribution in [2.24, 2.45) is 5.92 Å². The molecule has 0 spiro atoms. The molecule has 3 aromatic rings. The molecule has 0 amide bonds. The lowest BCUT2D eigenvalue weighted by Crippen LogP contribution is -2.28. The Morgan fingerprint density at radius 2 is 1.54 bits per heavy atom. The van der Waals surface area contributed by atoms with Crippen molar-refractivity contribution in [1.29, 1.82) is 0 Å². The third-order valence-corrected chi connectivity index (χ3v) is 5.93. The minimum absolute atomic E-state index is 0.0906. The molecule has 8 heteroatoms. The highest BCUT2D eigenvalue weighted by Crippen LogP contribution is 2.33. The van der Waals surface area contributed by atoms with Crippen molar-refractivity contribution < 1.29 is 33.0 Å². The van der Waals surface area contributed by atoms with Crippen molar-refractivity contribution in [2.45, 2.75) is 46.1 Å². The van der Waals surface area contributed by atoms with E-state index in [0.29, 0.717) is 0 Å². The van der Waals surface area contributed by atoms with Crippen molar-refractivity contribution in [3.63, 3.8) is 0 Å². The molecule has 1 heterocycles. The number of methoxy groups -OCH3 is 1. The van der Waals surface area contributed by atoms with Crippen LogP contribution in [0.4, 0.5) is 4.39 Å². The molecule has 0 saturated heterocycles. The van der Waals surface area contributed by atoms with Gasteiger partial charge in [0.1, 0.15) is 11.9 Å². The van der Waals surface area contributed by atoms with Crippen molar-refractivity contribution in [1.82, 2.24) is 4.98 Å². The van der Waals surface area contributed by atoms with Gasteiger partial charge < -0.3 is 14.2 Å². The lowest BCUT2D eigenvalue weighted by Gasteiger charge is -2.26. The number of aryl methyl sites for hydroxylation is 1. The fourth-order valence-corrected chi connectivity index (χ4v) is 4.04. The Morgan fingerprint density at radius 3 is 2.11 bits per heavy atom. The number of rotatable bonds is 10. The van der Waals surface area contributed by atoms with E-state index in [4.69, 9.17) is 14.2 Å². The third kappa shape index (κ3) is 7.00. The number of esters is 2. The number of ketones is 1. The number of halogens is 1. The summed E-state index contributed by atoms with van der Waals surface area (Å²) in [5, 5.41) is 0. The van der Waals surface area contributed by atoms with E-state index in [1.807, 2.05) is 31.2 Å². The number of Topliss-reactive ketones (excluding diaryl/α,β-unsaturated/α-hetero) is 1. The summed E-state index contributed by atoms with van der Waals surface area (Å²) in [5.74, 6) is -3.13. The zero-order valence-corrected chi connectivity index (χ0v) is 21.5. The predicted molar refractivity (Wildman–Crippen MR) is 135 cm³/mol. The monoisotopic (exact) mass is 507 g/mol. The van der Waals surface area contributed by atoms with Gasteiger partial charge in [0.05, 0.1) is 13.0 Å². The minimum atomic E-state index is -0.806. The van der Waals surface area contributed by atoms with Crippen LogP contribution in [0.2, 0.25) is 0 Å². The number of carbonyl (C=O) groups excluding carboxylic acids is 3. The number of pyridine rings is 1. The van der Waals surface area contributed by atoms with Crippen LogP contribution < -0.4 is 9.47 Å². The van der Waals surface area contributed by atoms with Gasteiger partial charge in [-0.05, 0) is 37.1 Å². The first kappa shape index (κ1) is 27.5. The molecule has 0 N–H and O–H groups in total. The maximum Gasteiger partial charge on any atom is 0.309 e. The molecule has 0 radical (unpaired) electrons. The van der Waals surface area contributed by atoms with E-state index in [2.05, 4.69) is 4.98 Å². The molecular formula is C29H30FNO6. The minimum Gasteiger partial charge on any atom is -0.493 e. The SMILES string of the molecule is COc1ccnc(C(=O)C[C@@H](C)C(=O)O[C@@H](C)[C@@H](c2ccc(C)cc2)c2ccc(F)cc2)c1OC(C)=O. The summed E-state index contributed by atoms with van der Waals surface area (Å²) in [6.45, 7) is 6.52. The van der Waals surface area contributed by atoms with E-state index in [1.54, 1.807) is 26.0 Å². The fraction of sp³-hybridized carbons (Fsp3) is 0.310. The second-order valence-electron chi connectivity index (χ2n) is 8.89. The largest absolute Gasteiger partial charge is 0.493 e. The van der Waals surface area contributed by atoms with E-state index >= 15 is 0 Å². The molecule has 7 nitrogen and oxygen atoms in total. The summed E-state index contributed by atoms with van der Waals surface area (Å²) >= 11 is 0. The van der Waals surface area contributed by atoms with Crippen LogP contribution in [0.1, 0.15) is 60.3 Å². The highest BCUT2D eigenvalue weighted by molar-refractivity contribution is 5.99. The van der Waals surface area contributed by atoms with Gasteiger partial charge >= 0.3 is 11.9 Å². The van der Waals surface area contributed by atoms with Crippen LogP contribution in [-0.4, -0.2) is 35.9 Å². The van der Waals surface area contributed by atoms with E-state index < -0.39 is 29.7 Å². The molecule has 194 valence electrons. The maximum atomic E-state index is 13.6. The lowest BCUT2D eigenvalue weighted by molar-refractivity contribution is -0.153. The molecule has 0 aliphatic rings. The number of aromatic nitrogens is 1. The van der Waals surface area contributed by atoms with Crippen LogP contribution in [0.15, 0.2) is 60.8 Å². The Labute approximate surface area is 215 Å². The van der Waals surface area contributed by atoms with Crippen molar-refractivity contribution in [2.75, 3.05) is 7.11 Å². The molecule has 0 aliphatic heterocycles. The molecule has 0 unspecified atom stereocenters. The van der Waals surface area contributed by atoms with Gasteiger partial charge in [-0.3, -0.25) is 14.4 Å². The van der Waals surface area contributed by atoms with E-state index in [1.165, 1.54) is 38.4 Å². The first-order valence-electron chi connectivity index (χ1n) is 11.9. The summed E-state index contributed by atoms with van der Waals surface area (Å²) in [7, 11) is 1.38. The average molecular weight is 508 g/mol. The van der Waals surface area contributed by atoms with E-state index in [0.717, 1.165) is 16.7 Å². The first-order chi connectivity index (χ1) is 17.6. The van der Waals surface area contributed by atoms with E-state index in [9.17, 15) is 18.8 Å². The number of hydrogen-bond donors (Lipinski definition) is 0. The second kappa shape index (κ2) is 12.3. The molecule has 0 saturated carbocycles. The molecular weight excluding hydrogens is 477 g/mol. The summed E-state index contributed by atoms with van der Waals surface area (Å²) in [6, 6.07) is 15.4. The van der Waals surface area contributed by atoms with Gasteiger partial charge in [0, 0.05) is 31.5 Å². The highest BCUT2D eigenvalue weighted by atomic mass is 19.1. The molecule has 3 atom stereocenters. The van der Waals surface area contributed by atoms with E-state index in [-0.39, 0.29) is 35.3 Å². The maximum absolute atomic E-state index is 13.6. The summed E-state index contributed by atoms with van der Waals surface area (Å²) in [5.41, 5.74) is 2.68. The Bertz CT molecular complexity index is 1210. The molecule has 2 aromatic carbocycles. The van der Waals surface area contributed by atoms with Crippen molar-refractivity contribution in [3.05, 3.63) is 89.0 Å². The predicted octanol–water partition coefficient (Wildman–Crippen LogP) is 5.44. The summed E-state index contributed by atoms with van der Waals surface area (Å²) in [6.07, 6.45) is 0.537. The lowest BCUT2D eigenvalue weighted by atomic mass is 9.86. The van der Waals surface area contributed by atoms with Crippen molar-refractivity contribution in [3.8, 4) is 11.5 Å². The standard InChI is InChI=1S/C29H30FNO6/c1-17-6-8-21(9-7-17)26(22-10-12-23(30)13-11-22)19(3)36-29(34)18(2)16-24(33)27-28(37-20(4)32)25(35-5)14-15-31-27/h6-15,18-19,26H,16H2,1-5H3/t18-,19+,26+/m1/s1. The fourth-order valence-electron chi connectivity index (χ4n) is 4.04. The van der Waals surface area contributed by atoms with Crippen LogP contribution in [-0.2, 0) is 14.3 Å². The Hall–Kier alpha value is -4.07. The number of nitrogens with zero attached hydrogens (tertiary/aromatic N) is 1. The Morgan fingerprint density at radius 1 is 0.946 bits per heavy atom. The van der Waals surface area contributed by atoms with Crippen molar-refractivity contribution >= 4 is 17.7 Å². The first-order valence-corrected chi connectivity index (χ1v) is 11.9. The smallest absolute Gasteiger partial charge is 0.309 e. The summed E-state index contributed by atoms with van der Waals surface area (Å²) < 4.78 is 29.7. The molecule has 0 fully saturated rings. The van der Waals surface area contributed by atoms with Crippen LogP contribution in [0.25, 0.3) is 0 Å². The molecule has 1 aromatic heterocycles. The van der Waals surface area contributed by atoms with Crippen LogP contribution in [0.3, 0.4) is 0 Å². The van der Waals surface area contributed by atoms with Gasteiger partial charge in [-0.2, -0.15) is 0 Å². The van der Waals surface area contributed by atoms with Crippen LogP contribution in [0, 0.1) is 18.7 Å². The second-order valence-corrected chi connectivity index (χ2v) is 8.89. The highest BCUT2D eigenvalue weighted by Gasteiger charge is 2.29. The van der Waals surface area contributed by atoms with Gasteiger partial charge in [-0.1, -0.05) is 48.9 Å². The average Bonchev–Trinajstić information content (AvgIpc) is 2.86. The number of benzene rings is 2. The van der Waals surface area contributed by atoms with Gasteiger partial charge in [0.15, 0.2) is 17.2 Å². The molecule has 0 bridgehead atoms. The van der Waals surface area contributed by atoms with Gasteiger partial charge in [0.25, 0.3) is 0 Å². The number of carbonyl (C=O) groups is 3. The molecule has 37 heavy (non-hydrogen) atoms. The normalized spacial score (nSPS) is 13.2. The van der Waals surface area contributed by atoms with Gasteiger partial charge in [-0.15, -0.1) is 0 Å². The zero-order valence-electron chi connectivity index (χ0n) is 21.5. The summed E-state index contributed by atoms with van der Waals surface area (Å²) in [4.78, 5) is 41.6. The van der Waals surface area contributed by atoms with Crippen LogP contribution in [0.5, 0.6) is 11.5 Å². The van der Waals surface area contributed by atoms with Gasteiger partial charge in [0.2, 0.25) is 5.75 Å². The Kier molecular flexibility index (Phi) is 9.11. The zero-order chi connectivity index (χ0) is 27.1. The third-order valence-electron chi connectivity index (χ3n) is 5.93. The van der Waals surface area contributed by atoms with Gasteiger partial charge in [-0.25, -0.2) is 9.37 Å². The molecule has 3 rings (SSSR count). The van der Waals surface area contributed by atoms with Crippen LogP contribution >= 0.6 is 0 Å². The number of ether oxygens (including phenoxy) is 3. The Balaban J connectivity index is 1.78. The quantitative estimate of drug-likeness (QED) is 0.267.